The molecule has 3 aromatic carbocycles. The summed E-state index contributed by atoms with van der Waals surface area (Å²) in [6.45, 7) is 1.08. The van der Waals surface area contributed by atoms with Crippen molar-refractivity contribution in [1.82, 2.24) is 4.90 Å². The van der Waals surface area contributed by atoms with Crippen molar-refractivity contribution in [2.45, 2.75) is 31.5 Å². The predicted octanol–water partition coefficient (Wildman–Crippen LogP) is 5.90. The second kappa shape index (κ2) is 6.15. The molecule has 0 unspecified atom stereocenters. The molecule has 2 atom stereocenters. The van der Waals surface area contributed by atoms with E-state index in [1.807, 2.05) is 0 Å². The third-order valence-electron chi connectivity index (χ3n) is 5.49. The van der Waals surface area contributed by atoms with Crippen LogP contribution in [0.15, 0.2) is 65.1 Å². The molecule has 2 nitrogen and oxygen atoms in total. The molecule has 5 rings (SSSR count). The lowest BCUT2D eigenvalue weighted by molar-refractivity contribution is -0.0415. The number of fused-ring (bicyclic) bond motifs is 4. The van der Waals surface area contributed by atoms with Crippen molar-refractivity contribution in [3.63, 3.8) is 0 Å². The van der Waals surface area contributed by atoms with E-state index in [4.69, 9.17) is 4.74 Å². The van der Waals surface area contributed by atoms with Crippen LogP contribution in [-0.2, 0) is 0 Å². The fraction of sp³-hybridized carbons (Fsp3) is 0.273. The zero-order valence-electron chi connectivity index (χ0n) is 14.0. The molecule has 2 heterocycles. The molecule has 1 fully saturated rings. The molecule has 2 aliphatic heterocycles. The first-order valence-corrected chi connectivity index (χ1v) is 9.81. The standard InChI is InChI=1S/C22H20BrNO/c23-18-10-4-3-9-17(18)22-21-16-8-2-1-7-15(16)12-13-19(21)25-20-11-5-6-14-24(20)22/h1-4,7-10,12-13,20,22H,5-6,11,14H2/t20-,22+/m0/s1. The summed E-state index contributed by atoms with van der Waals surface area (Å²) >= 11 is 3.80. The molecular formula is C22H20BrNO. The van der Waals surface area contributed by atoms with Gasteiger partial charge in [-0.3, -0.25) is 4.90 Å². The lowest BCUT2D eigenvalue weighted by atomic mass is 9.88. The maximum absolute atomic E-state index is 6.45. The Morgan fingerprint density at radius 2 is 1.76 bits per heavy atom. The van der Waals surface area contributed by atoms with Gasteiger partial charge in [0.05, 0.1) is 6.04 Å². The molecule has 0 spiro atoms. The Balaban J connectivity index is 1.80. The molecule has 0 N–H and O–H groups in total. The molecule has 0 amide bonds. The highest BCUT2D eigenvalue weighted by molar-refractivity contribution is 9.10. The number of rotatable bonds is 1. The summed E-state index contributed by atoms with van der Waals surface area (Å²) in [6.07, 6.45) is 3.76. The first-order chi connectivity index (χ1) is 12.3. The van der Waals surface area contributed by atoms with E-state index in [1.165, 1.54) is 39.2 Å². The van der Waals surface area contributed by atoms with E-state index in [2.05, 4.69) is 81.5 Å². The van der Waals surface area contributed by atoms with Gasteiger partial charge in [-0.25, -0.2) is 0 Å². The molecule has 2 aliphatic rings. The maximum Gasteiger partial charge on any atom is 0.153 e. The van der Waals surface area contributed by atoms with Gasteiger partial charge in [0.2, 0.25) is 0 Å². The van der Waals surface area contributed by atoms with Crippen LogP contribution in [0.5, 0.6) is 5.75 Å². The van der Waals surface area contributed by atoms with Gasteiger partial charge in [-0.2, -0.15) is 0 Å². The monoisotopic (exact) mass is 393 g/mol. The van der Waals surface area contributed by atoms with Crippen molar-refractivity contribution in [3.8, 4) is 5.75 Å². The Hall–Kier alpha value is -1.84. The summed E-state index contributed by atoms with van der Waals surface area (Å²) < 4.78 is 7.62. The summed E-state index contributed by atoms with van der Waals surface area (Å²) in [5, 5.41) is 2.57. The molecule has 0 bridgehead atoms. The quantitative estimate of drug-likeness (QED) is 0.510. The van der Waals surface area contributed by atoms with Gasteiger partial charge in [0, 0.05) is 16.6 Å². The smallest absolute Gasteiger partial charge is 0.153 e. The minimum atomic E-state index is 0.180. The van der Waals surface area contributed by atoms with Crippen LogP contribution in [0.2, 0.25) is 0 Å². The van der Waals surface area contributed by atoms with E-state index < -0.39 is 0 Å². The maximum atomic E-state index is 6.45. The van der Waals surface area contributed by atoms with Crippen LogP contribution in [0.25, 0.3) is 10.8 Å². The van der Waals surface area contributed by atoms with Crippen LogP contribution in [0.3, 0.4) is 0 Å². The molecule has 0 aliphatic carbocycles. The molecule has 3 aromatic rings. The third kappa shape index (κ3) is 2.49. The second-order valence-corrected chi connectivity index (χ2v) is 7.78. The van der Waals surface area contributed by atoms with E-state index in [0.29, 0.717) is 0 Å². The highest BCUT2D eigenvalue weighted by Gasteiger charge is 2.39. The van der Waals surface area contributed by atoms with E-state index in [-0.39, 0.29) is 12.3 Å². The average molecular weight is 394 g/mol. The van der Waals surface area contributed by atoms with Crippen LogP contribution in [0, 0.1) is 0 Å². The second-order valence-electron chi connectivity index (χ2n) is 6.93. The summed E-state index contributed by atoms with van der Waals surface area (Å²) in [5.41, 5.74) is 2.64. The lowest BCUT2D eigenvalue weighted by Crippen LogP contribution is -2.48. The Bertz CT molecular complexity index is 938. The molecule has 126 valence electrons. The number of piperidine rings is 1. The molecule has 1 saturated heterocycles. The zero-order chi connectivity index (χ0) is 16.8. The van der Waals surface area contributed by atoms with Crippen molar-refractivity contribution in [2.75, 3.05) is 6.54 Å². The SMILES string of the molecule is Brc1ccccc1[C@@H]1c2c(ccc3ccccc23)O[C@H]2CCCCN12. The molecule has 0 saturated carbocycles. The van der Waals surface area contributed by atoms with E-state index in [1.54, 1.807) is 0 Å². The number of hydrogen-bond acceptors (Lipinski definition) is 2. The minimum Gasteiger partial charge on any atom is -0.475 e. The first-order valence-electron chi connectivity index (χ1n) is 9.01. The predicted molar refractivity (Wildman–Crippen MR) is 105 cm³/mol. The number of nitrogens with zero attached hydrogens (tertiary/aromatic N) is 1. The average Bonchev–Trinajstić information content (AvgIpc) is 2.67. The summed E-state index contributed by atoms with van der Waals surface area (Å²) in [6, 6.07) is 21.8. The Morgan fingerprint density at radius 3 is 2.68 bits per heavy atom. The van der Waals surface area contributed by atoms with Gasteiger partial charge in [-0.15, -0.1) is 0 Å². The Morgan fingerprint density at radius 1 is 0.920 bits per heavy atom. The van der Waals surface area contributed by atoms with E-state index in [9.17, 15) is 0 Å². The third-order valence-corrected chi connectivity index (χ3v) is 6.21. The van der Waals surface area contributed by atoms with Gasteiger partial charge < -0.3 is 4.74 Å². The molecule has 3 heteroatoms. The number of hydrogen-bond donors (Lipinski definition) is 0. The van der Waals surface area contributed by atoms with Crippen molar-refractivity contribution in [1.29, 1.82) is 0 Å². The van der Waals surface area contributed by atoms with Gasteiger partial charge in [0.25, 0.3) is 0 Å². The fourth-order valence-corrected chi connectivity index (χ4v) is 4.85. The van der Waals surface area contributed by atoms with Crippen LogP contribution < -0.4 is 4.74 Å². The molecule has 0 aromatic heterocycles. The number of benzene rings is 3. The summed E-state index contributed by atoms with van der Waals surface area (Å²) in [7, 11) is 0. The van der Waals surface area contributed by atoms with Gasteiger partial charge in [0.1, 0.15) is 5.75 Å². The Labute approximate surface area is 156 Å². The fourth-order valence-electron chi connectivity index (χ4n) is 4.35. The zero-order valence-corrected chi connectivity index (χ0v) is 15.6. The largest absolute Gasteiger partial charge is 0.475 e. The number of ether oxygens (including phenoxy) is 1. The first kappa shape index (κ1) is 15.4. The van der Waals surface area contributed by atoms with E-state index >= 15 is 0 Å². The summed E-state index contributed by atoms with van der Waals surface area (Å²) in [4.78, 5) is 2.55. The summed E-state index contributed by atoms with van der Waals surface area (Å²) in [5.74, 6) is 1.04. The highest BCUT2D eigenvalue weighted by atomic mass is 79.9. The van der Waals surface area contributed by atoms with E-state index in [0.717, 1.165) is 18.7 Å². The van der Waals surface area contributed by atoms with Crippen LogP contribution >= 0.6 is 15.9 Å². The highest BCUT2D eigenvalue weighted by Crippen LogP contribution is 2.47. The van der Waals surface area contributed by atoms with Crippen LogP contribution in [0.4, 0.5) is 0 Å². The normalized spacial score (nSPS) is 22.9. The van der Waals surface area contributed by atoms with Crippen LogP contribution in [-0.4, -0.2) is 17.7 Å². The topological polar surface area (TPSA) is 12.5 Å². The van der Waals surface area contributed by atoms with Gasteiger partial charge >= 0.3 is 0 Å². The van der Waals surface area contributed by atoms with Crippen molar-refractivity contribution in [3.05, 3.63) is 76.3 Å². The minimum absolute atomic E-state index is 0.180. The van der Waals surface area contributed by atoms with Gasteiger partial charge in [-0.1, -0.05) is 64.5 Å². The molecule has 0 radical (unpaired) electrons. The molecular weight excluding hydrogens is 374 g/mol. The van der Waals surface area contributed by atoms with Crippen molar-refractivity contribution < 1.29 is 4.74 Å². The van der Waals surface area contributed by atoms with Gasteiger partial charge in [-0.05, 0) is 47.7 Å². The lowest BCUT2D eigenvalue weighted by Gasteiger charge is -2.46. The van der Waals surface area contributed by atoms with Crippen molar-refractivity contribution >= 4 is 26.7 Å². The van der Waals surface area contributed by atoms with Gasteiger partial charge in [0.15, 0.2) is 6.23 Å². The molecule has 25 heavy (non-hydrogen) atoms. The number of halogens is 1. The van der Waals surface area contributed by atoms with Crippen molar-refractivity contribution in [2.24, 2.45) is 0 Å². The van der Waals surface area contributed by atoms with Crippen LogP contribution in [0.1, 0.15) is 36.4 Å². The Kier molecular flexibility index (Phi) is 3.79.